The molecule has 1 saturated heterocycles. The Kier molecular flexibility index (Phi) is 7.21. The zero-order valence-corrected chi connectivity index (χ0v) is 16.1. The molecular weight excluding hydrogens is 366 g/mol. The van der Waals surface area contributed by atoms with Crippen LogP contribution >= 0.6 is 12.4 Å². The SMILES string of the molecule is COc1ccc(C(=O)N2CCN(C(=O)c3ccc(CN)cc3)CC2)cc1.Cl. The van der Waals surface area contributed by atoms with E-state index in [1.165, 1.54) is 0 Å². The minimum absolute atomic E-state index is 0. The highest BCUT2D eigenvalue weighted by atomic mass is 35.5. The lowest BCUT2D eigenvalue weighted by Crippen LogP contribution is -2.50. The van der Waals surface area contributed by atoms with Crippen LogP contribution in [0.15, 0.2) is 48.5 Å². The van der Waals surface area contributed by atoms with Crippen LogP contribution in [0.3, 0.4) is 0 Å². The molecule has 3 rings (SSSR count). The van der Waals surface area contributed by atoms with Crippen molar-refractivity contribution in [2.75, 3.05) is 33.3 Å². The molecule has 144 valence electrons. The minimum Gasteiger partial charge on any atom is -0.497 e. The number of nitrogens with two attached hydrogens (primary N) is 1. The van der Waals surface area contributed by atoms with Gasteiger partial charge in [-0.15, -0.1) is 12.4 Å². The van der Waals surface area contributed by atoms with Gasteiger partial charge in [-0.1, -0.05) is 12.1 Å². The van der Waals surface area contributed by atoms with Crippen molar-refractivity contribution in [3.63, 3.8) is 0 Å². The van der Waals surface area contributed by atoms with Gasteiger partial charge in [0.1, 0.15) is 5.75 Å². The number of carbonyl (C=O) groups is 2. The van der Waals surface area contributed by atoms with Crippen molar-refractivity contribution in [3.05, 3.63) is 65.2 Å². The molecule has 0 bridgehead atoms. The van der Waals surface area contributed by atoms with Crippen LogP contribution in [0.2, 0.25) is 0 Å². The highest BCUT2D eigenvalue weighted by Gasteiger charge is 2.25. The molecule has 1 aliphatic heterocycles. The van der Waals surface area contributed by atoms with E-state index in [4.69, 9.17) is 10.5 Å². The predicted octanol–water partition coefficient (Wildman–Crippen LogP) is 2.17. The molecule has 1 aliphatic rings. The fraction of sp³-hybridized carbons (Fsp3) is 0.300. The summed E-state index contributed by atoms with van der Waals surface area (Å²) in [6, 6.07) is 14.4. The van der Waals surface area contributed by atoms with Gasteiger partial charge in [0.25, 0.3) is 11.8 Å². The van der Waals surface area contributed by atoms with Crippen molar-refractivity contribution < 1.29 is 14.3 Å². The molecule has 27 heavy (non-hydrogen) atoms. The van der Waals surface area contributed by atoms with Gasteiger partial charge < -0.3 is 20.3 Å². The summed E-state index contributed by atoms with van der Waals surface area (Å²) in [7, 11) is 1.59. The van der Waals surface area contributed by atoms with Crippen LogP contribution in [0.1, 0.15) is 26.3 Å². The summed E-state index contributed by atoms with van der Waals surface area (Å²) in [6.07, 6.45) is 0. The van der Waals surface area contributed by atoms with Gasteiger partial charge in [-0.3, -0.25) is 9.59 Å². The van der Waals surface area contributed by atoms with Crippen LogP contribution in [0, 0.1) is 0 Å². The molecular formula is C20H24ClN3O3. The average molecular weight is 390 g/mol. The van der Waals surface area contributed by atoms with Crippen molar-refractivity contribution in [1.29, 1.82) is 0 Å². The monoisotopic (exact) mass is 389 g/mol. The normalized spacial score (nSPS) is 13.7. The summed E-state index contributed by atoms with van der Waals surface area (Å²) >= 11 is 0. The van der Waals surface area contributed by atoms with E-state index >= 15 is 0 Å². The largest absolute Gasteiger partial charge is 0.497 e. The lowest BCUT2D eigenvalue weighted by molar-refractivity contribution is 0.0535. The summed E-state index contributed by atoms with van der Waals surface area (Å²) in [5.41, 5.74) is 7.86. The topological polar surface area (TPSA) is 75.9 Å². The van der Waals surface area contributed by atoms with E-state index in [9.17, 15) is 9.59 Å². The lowest BCUT2D eigenvalue weighted by Gasteiger charge is -2.35. The van der Waals surface area contributed by atoms with Crippen LogP contribution < -0.4 is 10.5 Å². The number of piperazine rings is 1. The van der Waals surface area contributed by atoms with Gasteiger partial charge in [0.15, 0.2) is 0 Å². The number of halogens is 1. The smallest absolute Gasteiger partial charge is 0.253 e. The Balaban J connectivity index is 0.00000261. The quantitative estimate of drug-likeness (QED) is 0.869. The van der Waals surface area contributed by atoms with Gasteiger partial charge in [-0.2, -0.15) is 0 Å². The van der Waals surface area contributed by atoms with Crippen molar-refractivity contribution in [2.24, 2.45) is 5.73 Å². The molecule has 7 heteroatoms. The molecule has 1 fully saturated rings. The number of hydrogen-bond donors (Lipinski definition) is 1. The number of methoxy groups -OCH3 is 1. The van der Waals surface area contributed by atoms with Gasteiger partial charge in [0, 0.05) is 43.9 Å². The molecule has 2 N–H and O–H groups in total. The zero-order chi connectivity index (χ0) is 18.5. The molecule has 2 aromatic carbocycles. The average Bonchev–Trinajstić information content (AvgIpc) is 2.73. The van der Waals surface area contributed by atoms with Crippen LogP contribution in [0.4, 0.5) is 0 Å². The fourth-order valence-corrected chi connectivity index (χ4v) is 2.99. The molecule has 0 spiro atoms. The Bertz CT molecular complexity index is 703. The Morgan fingerprint density at radius 1 is 0.852 bits per heavy atom. The van der Waals surface area contributed by atoms with Gasteiger partial charge >= 0.3 is 0 Å². The van der Waals surface area contributed by atoms with Crippen LogP contribution in [0.25, 0.3) is 0 Å². The van der Waals surface area contributed by atoms with E-state index in [0.29, 0.717) is 43.9 Å². The fourth-order valence-electron chi connectivity index (χ4n) is 2.99. The molecule has 2 aromatic rings. The van der Waals surface area contributed by atoms with Gasteiger partial charge in [0.05, 0.1) is 7.11 Å². The summed E-state index contributed by atoms with van der Waals surface area (Å²) in [5, 5.41) is 0. The van der Waals surface area contributed by atoms with Gasteiger partial charge in [-0.25, -0.2) is 0 Å². The van der Waals surface area contributed by atoms with Crippen LogP contribution in [0.5, 0.6) is 5.75 Å². The first-order valence-electron chi connectivity index (χ1n) is 8.64. The second kappa shape index (κ2) is 9.39. The van der Waals surface area contributed by atoms with E-state index in [0.717, 1.165) is 11.3 Å². The molecule has 0 radical (unpaired) electrons. The second-order valence-electron chi connectivity index (χ2n) is 6.21. The summed E-state index contributed by atoms with van der Waals surface area (Å²) in [6.45, 7) is 2.56. The summed E-state index contributed by atoms with van der Waals surface area (Å²) < 4.78 is 5.12. The lowest BCUT2D eigenvalue weighted by atomic mass is 10.1. The first-order valence-corrected chi connectivity index (χ1v) is 8.64. The molecule has 0 saturated carbocycles. The van der Waals surface area contributed by atoms with Crippen molar-refractivity contribution in [1.82, 2.24) is 9.80 Å². The number of benzene rings is 2. The van der Waals surface area contributed by atoms with E-state index in [2.05, 4.69) is 0 Å². The minimum atomic E-state index is -0.0212. The first kappa shape index (κ1) is 20.7. The van der Waals surface area contributed by atoms with E-state index in [1.54, 1.807) is 53.3 Å². The molecule has 0 aromatic heterocycles. The molecule has 0 aliphatic carbocycles. The van der Waals surface area contributed by atoms with E-state index in [-0.39, 0.29) is 24.2 Å². The van der Waals surface area contributed by atoms with Crippen molar-refractivity contribution >= 4 is 24.2 Å². The maximum atomic E-state index is 12.6. The third-order valence-electron chi connectivity index (χ3n) is 4.63. The Morgan fingerprint density at radius 3 is 1.63 bits per heavy atom. The standard InChI is InChI=1S/C20H23N3O3.ClH/c1-26-18-8-6-17(7-9-18)20(25)23-12-10-22(11-13-23)19(24)16-4-2-15(14-21)3-5-16;/h2-9H,10-14,21H2,1H3;1H. The summed E-state index contributed by atoms with van der Waals surface area (Å²) in [4.78, 5) is 28.7. The highest BCUT2D eigenvalue weighted by Crippen LogP contribution is 2.15. The third kappa shape index (κ3) is 4.78. The van der Waals surface area contributed by atoms with Gasteiger partial charge in [-0.05, 0) is 42.0 Å². The van der Waals surface area contributed by atoms with Gasteiger partial charge in [0.2, 0.25) is 0 Å². The number of ether oxygens (including phenoxy) is 1. The molecule has 0 unspecified atom stereocenters. The Labute approximate surface area is 165 Å². The summed E-state index contributed by atoms with van der Waals surface area (Å²) in [5.74, 6) is 0.690. The molecule has 0 atom stereocenters. The molecule has 1 heterocycles. The van der Waals surface area contributed by atoms with Crippen LogP contribution in [-0.2, 0) is 6.54 Å². The first-order chi connectivity index (χ1) is 12.6. The Morgan fingerprint density at radius 2 is 1.26 bits per heavy atom. The number of carbonyl (C=O) groups excluding carboxylic acids is 2. The maximum absolute atomic E-state index is 12.6. The van der Waals surface area contributed by atoms with E-state index in [1.807, 2.05) is 12.1 Å². The number of rotatable bonds is 4. The molecule has 6 nitrogen and oxygen atoms in total. The van der Waals surface area contributed by atoms with Crippen molar-refractivity contribution in [2.45, 2.75) is 6.54 Å². The molecule has 2 amide bonds. The number of amides is 2. The third-order valence-corrected chi connectivity index (χ3v) is 4.63. The number of hydrogen-bond acceptors (Lipinski definition) is 4. The Hall–Kier alpha value is -2.57. The predicted molar refractivity (Wildman–Crippen MR) is 106 cm³/mol. The maximum Gasteiger partial charge on any atom is 0.253 e. The zero-order valence-electron chi connectivity index (χ0n) is 15.3. The highest BCUT2D eigenvalue weighted by molar-refractivity contribution is 5.96. The van der Waals surface area contributed by atoms with Crippen molar-refractivity contribution in [3.8, 4) is 5.75 Å². The van der Waals surface area contributed by atoms with Crippen LogP contribution in [-0.4, -0.2) is 54.9 Å². The van der Waals surface area contributed by atoms with E-state index < -0.39 is 0 Å². The number of nitrogens with zero attached hydrogens (tertiary/aromatic N) is 2. The second-order valence-corrected chi connectivity index (χ2v) is 6.21.